The molecule has 1 amide bonds. The zero-order chi connectivity index (χ0) is 16.7. The summed E-state index contributed by atoms with van der Waals surface area (Å²) in [4.78, 5) is 16.2. The number of piperazine rings is 1. The van der Waals surface area contributed by atoms with E-state index >= 15 is 0 Å². The van der Waals surface area contributed by atoms with Crippen LogP contribution in [0, 0.1) is 0 Å². The summed E-state index contributed by atoms with van der Waals surface area (Å²) in [7, 11) is 0. The summed E-state index contributed by atoms with van der Waals surface area (Å²) in [6, 6.07) is 0. The third kappa shape index (κ3) is 3.88. The lowest BCUT2D eigenvalue weighted by Gasteiger charge is -2.38. The number of likely N-dealkylation sites (N-methyl/N-ethyl adjacent to an activating group) is 1. The van der Waals surface area contributed by atoms with Crippen LogP contribution in [0.25, 0.3) is 0 Å². The van der Waals surface area contributed by atoms with Gasteiger partial charge in [0.05, 0.1) is 0 Å². The molecule has 1 N–H and O–H groups in total. The molecule has 6 nitrogen and oxygen atoms in total. The Balaban J connectivity index is 0.00000116. The van der Waals surface area contributed by atoms with Gasteiger partial charge in [-0.3, -0.25) is 9.69 Å². The van der Waals surface area contributed by atoms with Crippen molar-refractivity contribution in [1.82, 2.24) is 20.1 Å². The largest absolute Gasteiger partial charge is 0.354 e. The van der Waals surface area contributed by atoms with Crippen molar-refractivity contribution in [2.24, 2.45) is 5.10 Å². The van der Waals surface area contributed by atoms with Crippen molar-refractivity contribution in [2.45, 2.75) is 34.6 Å². The van der Waals surface area contributed by atoms with Crippen molar-refractivity contribution in [2.75, 3.05) is 32.7 Å². The minimum Gasteiger partial charge on any atom is -0.354 e. The molecule has 0 aromatic rings. The standard InChI is InChI=1S/C14H23N5O.C2H6/c1-5-17-10-16-19(13(11(2)3)14(17)20)12(4)18-8-6-15-7-9-18;1-2/h10,15H,4-9H2,1-3H3;1-2H3. The van der Waals surface area contributed by atoms with Crippen molar-refractivity contribution in [3.05, 3.63) is 23.7 Å². The second-order valence-electron chi connectivity index (χ2n) is 5.14. The summed E-state index contributed by atoms with van der Waals surface area (Å²) >= 11 is 0. The predicted octanol–water partition coefficient (Wildman–Crippen LogP) is 1.79. The molecule has 1 fully saturated rings. The van der Waals surface area contributed by atoms with Crippen LogP contribution < -0.4 is 5.32 Å². The van der Waals surface area contributed by atoms with Crippen molar-refractivity contribution in [1.29, 1.82) is 0 Å². The number of hydrogen-bond acceptors (Lipinski definition) is 5. The Labute approximate surface area is 134 Å². The van der Waals surface area contributed by atoms with E-state index in [0.717, 1.165) is 37.6 Å². The molecular formula is C16H29N5O. The van der Waals surface area contributed by atoms with Crippen LogP contribution in [-0.4, -0.2) is 59.8 Å². The van der Waals surface area contributed by atoms with Gasteiger partial charge in [0.1, 0.15) is 17.9 Å². The van der Waals surface area contributed by atoms with Gasteiger partial charge in [-0.25, -0.2) is 5.01 Å². The normalized spacial score (nSPS) is 18.1. The topological polar surface area (TPSA) is 51.2 Å². The third-order valence-corrected chi connectivity index (χ3v) is 3.52. The molecule has 0 aromatic heterocycles. The van der Waals surface area contributed by atoms with Crippen molar-refractivity contribution >= 4 is 12.2 Å². The fourth-order valence-electron chi connectivity index (χ4n) is 2.35. The second kappa shape index (κ2) is 8.58. The Hall–Kier alpha value is -1.82. The van der Waals surface area contributed by atoms with Gasteiger partial charge in [0, 0.05) is 32.7 Å². The van der Waals surface area contributed by atoms with E-state index in [1.165, 1.54) is 0 Å². The number of nitrogens with zero attached hydrogens (tertiary/aromatic N) is 4. The Kier molecular flexibility index (Phi) is 7.11. The van der Waals surface area contributed by atoms with Crippen LogP contribution in [0.2, 0.25) is 0 Å². The Bertz CT molecular complexity index is 459. The molecule has 124 valence electrons. The molecule has 0 aromatic carbocycles. The lowest BCUT2D eigenvalue weighted by molar-refractivity contribution is -0.125. The van der Waals surface area contributed by atoms with E-state index in [-0.39, 0.29) is 5.91 Å². The minimum absolute atomic E-state index is 0.0150. The van der Waals surface area contributed by atoms with Crippen LogP contribution in [0.15, 0.2) is 28.8 Å². The van der Waals surface area contributed by atoms with Gasteiger partial charge in [-0.1, -0.05) is 20.4 Å². The molecule has 0 bridgehead atoms. The molecule has 0 atom stereocenters. The van der Waals surface area contributed by atoms with Crippen molar-refractivity contribution in [3.8, 4) is 0 Å². The molecular weight excluding hydrogens is 278 g/mol. The van der Waals surface area contributed by atoms with Gasteiger partial charge in [-0.15, -0.1) is 0 Å². The van der Waals surface area contributed by atoms with Crippen LogP contribution in [0.4, 0.5) is 0 Å². The lowest BCUT2D eigenvalue weighted by Crippen LogP contribution is -2.48. The Morgan fingerprint density at radius 3 is 2.41 bits per heavy atom. The van der Waals surface area contributed by atoms with Crippen LogP contribution in [0.3, 0.4) is 0 Å². The van der Waals surface area contributed by atoms with Gasteiger partial charge in [-0.2, -0.15) is 5.10 Å². The number of carbonyl (C=O) groups excluding carboxylic acids is 1. The molecule has 0 radical (unpaired) electrons. The third-order valence-electron chi connectivity index (χ3n) is 3.52. The average molecular weight is 307 g/mol. The summed E-state index contributed by atoms with van der Waals surface area (Å²) in [5.41, 5.74) is 1.56. The summed E-state index contributed by atoms with van der Waals surface area (Å²) < 4.78 is 0. The van der Waals surface area contributed by atoms with Gasteiger partial charge >= 0.3 is 0 Å². The van der Waals surface area contributed by atoms with E-state index in [1.807, 2.05) is 34.6 Å². The molecule has 2 aliphatic heterocycles. The first-order valence-corrected chi connectivity index (χ1v) is 8.03. The van der Waals surface area contributed by atoms with Gasteiger partial charge in [0.25, 0.3) is 5.91 Å². The summed E-state index contributed by atoms with van der Waals surface area (Å²) in [6.45, 7) is 18.2. The van der Waals surface area contributed by atoms with Crippen LogP contribution in [-0.2, 0) is 4.79 Å². The predicted molar refractivity (Wildman–Crippen MR) is 91.0 cm³/mol. The van der Waals surface area contributed by atoms with Crippen LogP contribution in [0.1, 0.15) is 34.6 Å². The highest BCUT2D eigenvalue weighted by Crippen LogP contribution is 2.23. The van der Waals surface area contributed by atoms with E-state index in [4.69, 9.17) is 0 Å². The lowest BCUT2D eigenvalue weighted by atomic mass is 10.2. The second-order valence-corrected chi connectivity index (χ2v) is 5.14. The number of allylic oxidation sites excluding steroid dienone is 1. The maximum absolute atomic E-state index is 12.5. The van der Waals surface area contributed by atoms with E-state index in [1.54, 1.807) is 16.2 Å². The molecule has 22 heavy (non-hydrogen) atoms. The molecule has 1 saturated heterocycles. The van der Waals surface area contributed by atoms with E-state index in [2.05, 4.69) is 21.9 Å². The molecule has 0 aliphatic carbocycles. The number of amides is 1. The average Bonchev–Trinajstić information content (AvgIpc) is 2.56. The number of carbonyl (C=O) groups is 1. The number of nitrogens with one attached hydrogen (secondary N) is 1. The molecule has 0 unspecified atom stereocenters. The van der Waals surface area contributed by atoms with Crippen LogP contribution >= 0.6 is 0 Å². The first-order valence-electron chi connectivity index (χ1n) is 8.03. The van der Waals surface area contributed by atoms with Crippen molar-refractivity contribution < 1.29 is 4.79 Å². The fraction of sp³-hybridized carbons (Fsp3) is 0.625. The van der Waals surface area contributed by atoms with E-state index < -0.39 is 0 Å². The summed E-state index contributed by atoms with van der Waals surface area (Å²) in [5, 5.41) is 9.38. The molecule has 0 saturated carbocycles. The monoisotopic (exact) mass is 307 g/mol. The molecule has 0 spiro atoms. The summed E-state index contributed by atoms with van der Waals surface area (Å²) in [6.07, 6.45) is 1.59. The van der Waals surface area contributed by atoms with Crippen molar-refractivity contribution in [3.63, 3.8) is 0 Å². The SMILES string of the molecule is C=C(N1CCNCC1)N1N=CN(CC)C(=O)C1=C(C)C.CC. The van der Waals surface area contributed by atoms with Gasteiger partial charge in [0.15, 0.2) is 0 Å². The van der Waals surface area contributed by atoms with Gasteiger partial charge in [-0.05, 0) is 26.3 Å². The molecule has 2 heterocycles. The fourth-order valence-corrected chi connectivity index (χ4v) is 2.35. The Morgan fingerprint density at radius 1 is 1.32 bits per heavy atom. The molecule has 2 aliphatic rings. The quantitative estimate of drug-likeness (QED) is 0.808. The summed E-state index contributed by atoms with van der Waals surface area (Å²) in [5.74, 6) is 0.752. The first kappa shape index (κ1) is 18.2. The number of hydrazone groups is 1. The highest BCUT2D eigenvalue weighted by Gasteiger charge is 2.30. The number of rotatable bonds is 3. The van der Waals surface area contributed by atoms with E-state index in [0.29, 0.717) is 12.2 Å². The van der Waals surface area contributed by atoms with Gasteiger partial charge < -0.3 is 10.2 Å². The minimum atomic E-state index is -0.0150. The van der Waals surface area contributed by atoms with Crippen LogP contribution in [0.5, 0.6) is 0 Å². The molecule has 2 rings (SSSR count). The number of hydrogen-bond donors (Lipinski definition) is 1. The first-order chi connectivity index (χ1) is 10.6. The zero-order valence-corrected chi connectivity index (χ0v) is 14.5. The highest BCUT2D eigenvalue weighted by atomic mass is 16.2. The Morgan fingerprint density at radius 2 is 1.91 bits per heavy atom. The zero-order valence-electron chi connectivity index (χ0n) is 14.5. The van der Waals surface area contributed by atoms with Gasteiger partial charge in [0.2, 0.25) is 0 Å². The smallest absolute Gasteiger partial charge is 0.277 e. The maximum atomic E-state index is 12.5. The maximum Gasteiger partial charge on any atom is 0.277 e. The van der Waals surface area contributed by atoms with E-state index in [9.17, 15) is 4.79 Å². The highest BCUT2D eigenvalue weighted by molar-refractivity contribution is 6.01. The molecule has 6 heteroatoms.